The van der Waals surface area contributed by atoms with Gasteiger partial charge in [0.2, 0.25) is 0 Å². The highest BCUT2D eigenvalue weighted by atomic mass is 79.9. The molecular weight excluding hydrogens is 286 g/mol. The van der Waals surface area contributed by atoms with Gasteiger partial charge in [0.15, 0.2) is 0 Å². The van der Waals surface area contributed by atoms with Crippen LogP contribution in [0.5, 0.6) is 0 Å². The highest BCUT2D eigenvalue weighted by molar-refractivity contribution is 9.18. The van der Waals surface area contributed by atoms with E-state index in [2.05, 4.69) is 21.2 Å². The quantitative estimate of drug-likeness (QED) is 0.516. The van der Waals surface area contributed by atoms with E-state index in [0.29, 0.717) is 11.3 Å². The van der Waals surface area contributed by atoms with E-state index in [1.807, 2.05) is 0 Å². The maximum absolute atomic E-state index is 11.9. The SMILES string of the molecule is CC(C)(C)OC(=O)c1ccccc1NC(=O)Br. The summed E-state index contributed by atoms with van der Waals surface area (Å²) >= 11 is 2.75. The molecule has 0 saturated carbocycles. The van der Waals surface area contributed by atoms with E-state index in [4.69, 9.17) is 4.74 Å². The lowest BCUT2D eigenvalue weighted by molar-refractivity contribution is 0.00708. The molecule has 92 valence electrons. The number of hydrogen-bond donors (Lipinski definition) is 1. The average molecular weight is 300 g/mol. The first-order chi connectivity index (χ1) is 7.79. The fourth-order valence-corrected chi connectivity index (χ4v) is 1.42. The van der Waals surface area contributed by atoms with Crippen molar-refractivity contribution in [2.45, 2.75) is 26.4 Å². The molecule has 0 bridgehead atoms. The smallest absolute Gasteiger partial charge is 0.340 e. The Balaban J connectivity index is 2.97. The number of halogens is 1. The number of para-hydroxylation sites is 1. The minimum absolute atomic E-state index is 0.329. The number of amides is 1. The van der Waals surface area contributed by atoms with Crippen molar-refractivity contribution in [2.75, 3.05) is 5.32 Å². The molecule has 1 aromatic rings. The van der Waals surface area contributed by atoms with Crippen molar-refractivity contribution in [2.24, 2.45) is 0 Å². The summed E-state index contributed by atoms with van der Waals surface area (Å²) < 4.78 is 5.24. The number of anilines is 1. The van der Waals surface area contributed by atoms with Gasteiger partial charge in [0.1, 0.15) is 5.60 Å². The van der Waals surface area contributed by atoms with Crippen LogP contribution in [0, 0.1) is 0 Å². The van der Waals surface area contributed by atoms with Crippen molar-refractivity contribution in [3.8, 4) is 0 Å². The maximum atomic E-state index is 11.9. The molecule has 0 aromatic heterocycles. The van der Waals surface area contributed by atoms with Gasteiger partial charge in [0.05, 0.1) is 11.3 Å². The third kappa shape index (κ3) is 4.56. The Bertz CT molecular complexity index is 438. The number of ether oxygens (including phenoxy) is 1. The third-order valence-electron chi connectivity index (χ3n) is 1.78. The molecule has 0 aliphatic heterocycles. The Hall–Kier alpha value is -1.36. The van der Waals surface area contributed by atoms with Gasteiger partial charge in [-0.25, -0.2) is 4.79 Å². The summed E-state index contributed by atoms with van der Waals surface area (Å²) in [6, 6.07) is 6.68. The Labute approximate surface area is 108 Å². The molecule has 0 saturated heterocycles. The molecule has 0 heterocycles. The van der Waals surface area contributed by atoms with Gasteiger partial charge in [-0.2, -0.15) is 0 Å². The number of benzene rings is 1. The number of carbonyl (C=O) groups excluding carboxylic acids is 2. The number of esters is 1. The second-order valence-corrected chi connectivity index (χ2v) is 5.17. The average Bonchev–Trinajstić information content (AvgIpc) is 2.14. The van der Waals surface area contributed by atoms with E-state index >= 15 is 0 Å². The van der Waals surface area contributed by atoms with Crippen LogP contribution < -0.4 is 5.32 Å². The van der Waals surface area contributed by atoms with Crippen LogP contribution in [0.3, 0.4) is 0 Å². The second kappa shape index (κ2) is 5.31. The first-order valence-corrected chi connectivity index (χ1v) is 5.88. The standard InChI is InChI=1S/C12H14BrNO3/c1-12(2,3)17-10(15)8-6-4-5-7-9(8)14-11(13)16/h4-7H,1-3H3,(H,14,16). The largest absolute Gasteiger partial charge is 0.456 e. The van der Waals surface area contributed by atoms with Crippen LogP contribution >= 0.6 is 15.9 Å². The Morgan fingerprint density at radius 1 is 1.24 bits per heavy atom. The van der Waals surface area contributed by atoms with Crippen LogP contribution in [0.25, 0.3) is 0 Å². The summed E-state index contributed by atoms with van der Waals surface area (Å²) in [6.07, 6.45) is 0. The molecule has 0 aliphatic carbocycles. The van der Waals surface area contributed by atoms with E-state index in [0.717, 1.165) is 0 Å². The number of carbonyl (C=O) groups is 2. The molecular formula is C12H14BrNO3. The summed E-state index contributed by atoms with van der Waals surface area (Å²) in [5.41, 5.74) is 0.182. The zero-order valence-electron chi connectivity index (χ0n) is 9.91. The van der Waals surface area contributed by atoms with Gasteiger partial charge < -0.3 is 10.1 Å². The molecule has 17 heavy (non-hydrogen) atoms. The molecule has 0 unspecified atom stereocenters. The first kappa shape index (κ1) is 13.7. The molecule has 0 aliphatic rings. The van der Waals surface area contributed by atoms with Crippen molar-refractivity contribution in [1.82, 2.24) is 0 Å². The lowest BCUT2D eigenvalue weighted by atomic mass is 10.1. The highest BCUT2D eigenvalue weighted by Gasteiger charge is 2.20. The zero-order valence-corrected chi connectivity index (χ0v) is 11.5. The molecule has 0 radical (unpaired) electrons. The van der Waals surface area contributed by atoms with Crippen LogP contribution in [-0.2, 0) is 4.74 Å². The van der Waals surface area contributed by atoms with Crippen LogP contribution in [0.4, 0.5) is 10.5 Å². The van der Waals surface area contributed by atoms with Crippen LogP contribution in [-0.4, -0.2) is 16.4 Å². The topological polar surface area (TPSA) is 55.4 Å². The predicted octanol–water partition coefficient (Wildman–Crippen LogP) is 3.57. The number of rotatable bonds is 2. The van der Waals surface area contributed by atoms with Crippen molar-refractivity contribution >= 4 is 32.4 Å². The Morgan fingerprint density at radius 3 is 2.35 bits per heavy atom. The third-order valence-corrected chi connectivity index (χ3v) is 1.98. The molecule has 1 amide bonds. The normalized spacial score (nSPS) is 10.8. The van der Waals surface area contributed by atoms with Gasteiger partial charge in [-0.1, -0.05) is 12.1 Å². The van der Waals surface area contributed by atoms with E-state index in [-0.39, 0.29) is 0 Å². The summed E-state index contributed by atoms with van der Waals surface area (Å²) in [6.45, 7) is 5.36. The molecule has 1 rings (SSSR count). The van der Waals surface area contributed by atoms with Gasteiger partial charge in [0, 0.05) is 15.9 Å². The van der Waals surface area contributed by atoms with E-state index in [1.54, 1.807) is 45.0 Å². The van der Waals surface area contributed by atoms with Gasteiger partial charge in [-0.3, -0.25) is 4.79 Å². The second-order valence-electron chi connectivity index (χ2n) is 4.45. The van der Waals surface area contributed by atoms with Gasteiger partial charge >= 0.3 is 5.97 Å². The minimum Gasteiger partial charge on any atom is -0.456 e. The van der Waals surface area contributed by atoms with Crippen LogP contribution in [0.15, 0.2) is 24.3 Å². The molecule has 5 heteroatoms. The highest BCUT2D eigenvalue weighted by Crippen LogP contribution is 2.20. The number of nitrogens with one attached hydrogen (secondary N) is 1. The number of hydrogen-bond acceptors (Lipinski definition) is 3. The van der Waals surface area contributed by atoms with E-state index in [9.17, 15) is 9.59 Å². The van der Waals surface area contributed by atoms with Crippen molar-refractivity contribution in [1.29, 1.82) is 0 Å². The van der Waals surface area contributed by atoms with Crippen LogP contribution in [0.1, 0.15) is 31.1 Å². The maximum Gasteiger partial charge on any atom is 0.340 e. The van der Waals surface area contributed by atoms with E-state index < -0.39 is 16.4 Å². The summed E-state index contributed by atoms with van der Waals surface area (Å²) in [4.78, 5) is 22.4. The fourth-order valence-electron chi connectivity index (χ4n) is 1.21. The fraction of sp³-hybridized carbons (Fsp3) is 0.333. The lowest BCUT2D eigenvalue weighted by Gasteiger charge is -2.20. The monoisotopic (exact) mass is 299 g/mol. The molecule has 0 spiro atoms. The predicted molar refractivity (Wildman–Crippen MR) is 69.6 cm³/mol. The van der Waals surface area contributed by atoms with Crippen molar-refractivity contribution < 1.29 is 14.3 Å². The summed E-state index contributed by atoms with van der Waals surface area (Å²) in [7, 11) is 0. The molecule has 1 aromatic carbocycles. The van der Waals surface area contributed by atoms with Gasteiger partial charge in [-0.15, -0.1) is 0 Å². The Morgan fingerprint density at radius 2 is 1.82 bits per heavy atom. The zero-order chi connectivity index (χ0) is 13.1. The van der Waals surface area contributed by atoms with Crippen LogP contribution in [0.2, 0.25) is 0 Å². The van der Waals surface area contributed by atoms with Gasteiger partial charge in [-0.05, 0) is 32.9 Å². The molecule has 0 atom stereocenters. The summed E-state index contributed by atoms with van der Waals surface area (Å²) in [5, 5.41) is 2.52. The summed E-state index contributed by atoms with van der Waals surface area (Å²) in [5.74, 6) is -0.464. The first-order valence-electron chi connectivity index (χ1n) is 5.08. The molecule has 0 fully saturated rings. The van der Waals surface area contributed by atoms with E-state index in [1.165, 1.54) is 0 Å². The van der Waals surface area contributed by atoms with Crippen molar-refractivity contribution in [3.63, 3.8) is 0 Å². The Kier molecular flexibility index (Phi) is 4.28. The molecule has 4 nitrogen and oxygen atoms in total. The van der Waals surface area contributed by atoms with Crippen molar-refractivity contribution in [3.05, 3.63) is 29.8 Å². The minimum atomic E-state index is -0.567. The lowest BCUT2D eigenvalue weighted by Crippen LogP contribution is -2.24. The molecule has 1 N–H and O–H groups in total. The van der Waals surface area contributed by atoms with Gasteiger partial charge in [0.25, 0.3) is 4.82 Å².